The van der Waals surface area contributed by atoms with Crippen molar-refractivity contribution in [3.8, 4) is 0 Å². The van der Waals surface area contributed by atoms with Crippen LogP contribution in [0, 0.1) is 5.92 Å². The van der Waals surface area contributed by atoms with E-state index in [1.165, 1.54) is 0 Å². The van der Waals surface area contributed by atoms with E-state index < -0.39 is 5.60 Å². The molecule has 132 valence electrons. The molecular weight excluding hydrogens is 280 g/mol. The highest BCUT2D eigenvalue weighted by molar-refractivity contribution is 5.67. The fraction of sp³-hybridized carbons (Fsp3) is 0.938. The normalized spacial score (nSPS) is 13.8. The Morgan fingerprint density at radius 2 is 1.82 bits per heavy atom. The van der Waals surface area contributed by atoms with Crippen LogP contribution in [-0.2, 0) is 4.74 Å². The van der Waals surface area contributed by atoms with Crippen molar-refractivity contribution in [3.63, 3.8) is 0 Å². The number of carbonyl (C=O) groups excluding carboxylic acids is 1. The van der Waals surface area contributed by atoms with E-state index in [1.807, 2.05) is 20.8 Å². The summed E-state index contributed by atoms with van der Waals surface area (Å²) in [5.74, 6) is 0.553. The van der Waals surface area contributed by atoms with Gasteiger partial charge in [0, 0.05) is 38.8 Å². The molecule has 0 saturated carbocycles. The number of amides is 1. The topological polar surface area (TPSA) is 70.8 Å². The second kappa shape index (κ2) is 10.0. The van der Waals surface area contributed by atoms with Gasteiger partial charge in [0.15, 0.2) is 0 Å². The molecule has 1 atom stereocenters. The number of likely N-dealkylation sites (N-methyl/N-ethyl adjacent to an activating group) is 1. The number of alkyl carbamates (subject to hydrolysis) is 1. The SMILES string of the molecule is CC(C)CN(CCN(C)C)C(CN)CNC(=O)OC(C)(C)C. The van der Waals surface area contributed by atoms with Crippen LogP contribution >= 0.6 is 0 Å². The summed E-state index contributed by atoms with van der Waals surface area (Å²) in [6.07, 6.45) is -0.386. The lowest BCUT2D eigenvalue weighted by Gasteiger charge is -2.33. The monoisotopic (exact) mass is 316 g/mol. The van der Waals surface area contributed by atoms with Gasteiger partial charge in [0.1, 0.15) is 5.60 Å². The van der Waals surface area contributed by atoms with Crippen LogP contribution in [-0.4, -0.2) is 74.4 Å². The van der Waals surface area contributed by atoms with Gasteiger partial charge >= 0.3 is 6.09 Å². The van der Waals surface area contributed by atoms with E-state index in [9.17, 15) is 4.79 Å². The van der Waals surface area contributed by atoms with Crippen molar-refractivity contribution < 1.29 is 9.53 Å². The minimum Gasteiger partial charge on any atom is -0.444 e. The largest absolute Gasteiger partial charge is 0.444 e. The molecule has 0 heterocycles. The molecule has 6 heteroatoms. The predicted octanol–water partition coefficient (Wildman–Crippen LogP) is 1.36. The van der Waals surface area contributed by atoms with Gasteiger partial charge in [-0.1, -0.05) is 13.8 Å². The van der Waals surface area contributed by atoms with Gasteiger partial charge in [-0.15, -0.1) is 0 Å². The van der Waals surface area contributed by atoms with Gasteiger partial charge < -0.3 is 20.7 Å². The molecule has 0 aliphatic heterocycles. The summed E-state index contributed by atoms with van der Waals surface area (Å²) < 4.78 is 5.27. The van der Waals surface area contributed by atoms with E-state index in [0.717, 1.165) is 19.6 Å². The number of hydrogen-bond donors (Lipinski definition) is 2. The van der Waals surface area contributed by atoms with Gasteiger partial charge in [-0.25, -0.2) is 4.79 Å². The fourth-order valence-electron chi connectivity index (χ4n) is 2.10. The Balaban J connectivity index is 4.53. The van der Waals surface area contributed by atoms with Crippen molar-refractivity contribution in [2.45, 2.75) is 46.3 Å². The van der Waals surface area contributed by atoms with Gasteiger partial charge in [0.05, 0.1) is 0 Å². The van der Waals surface area contributed by atoms with Crippen LogP contribution in [0.1, 0.15) is 34.6 Å². The molecule has 22 heavy (non-hydrogen) atoms. The zero-order valence-electron chi connectivity index (χ0n) is 15.5. The number of nitrogens with one attached hydrogen (secondary N) is 1. The van der Waals surface area contributed by atoms with Gasteiger partial charge in [-0.05, 0) is 40.8 Å². The standard InChI is InChI=1S/C16H36N4O2/c1-13(2)12-20(9-8-19(6)7)14(10-17)11-18-15(21)22-16(3,4)5/h13-14H,8-12,17H2,1-7H3,(H,18,21). The Kier molecular flexibility index (Phi) is 9.64. The highest BCUT2D eigenvalue weighted by Crippen LogP contribution is 2.07. The fourth-order valence-corrected chi connectivity index (χ4v) is 2.10. The van der Waals surface area contributed by atoms with Crippen LogP contribution in [0.25, 0.3) is 0 Å². The van der Waals surface area contributed by atoms with Crippen LogP contribution in [0.5, 0.6) is 0 Å². The Morgan fingerprint density at radius 1 is 1.23 bits per heavy atom. The van der Waals surface area contributed by atoms with Crippen molar-refractivity contribution in [3.05, 3.63) is 0 Å². The molecule has 0 radical (unpaired) electrons. The van der Waals surface area contributed by atoms with E-state index in [4.69, 9.17) is 10.5 Å². The van der Waals surface area contributed by atoms with Gasteiger partial charge in [0.25, 0.3) is 0 Å². The summed E-state index contributed by atoms with van der Waals surface area (Å²) >= 11 is 0. The lowest BCUT2D eigenvalue weighted by molar-refractivity contribution is 0.0504. The second-order valence-electron chi connectivity index (χ2n) is 7.46. The second-order valence-corrected chi connectivity index (χ2v) is 7.46. The van der Waals surface area contributed by atoms with Gasteiger partial charge in [-0.2, -0.15) is 0 Å². The van der Waals surface area contributed by atoms with Crippen LogP contribution in [0.4, 0.5) is 4.79 Å². The lowest BCUT2D eigenvalue weighted by atomic mass is 10.1. The first-order chi connectivity index (χ1) is 10.0. The van der Waals surface area contributed by atoms with E-state index in [2.05, 4.69) is 43.1 Å². The third-order valence-electron chi connectivity index (χ3n) is 3.10. The predicted molar refractivity (Wildman–Crippen MR) is 92.0 cm³/mol. The number of nitrogens with zero attached hydrogens (tertiary/aromatic N) is 2. The molecule has 0 aliphatic carbocycles. The molecule has 0 rings (SSSR count). The van der Waals surface area contributed by atoms with E-state index in [0.29, 0.717) is 19.0 Å². The average Bonchev–Trinajstić information content (AvgIpc) is 2.33. The summed E-state index contributed by atoms with van der Waals surface area (Å²) in [6, 6.07) is 0.120. The first-order valence-electron chi connectivity index (χ1n) is 8.10. The van der Waals surface area contributed by atoms with Crippen molar-refractivity contribution in [2.75, 3.05) is 46.8 Å². The Hall–Kier alpha value is -0.850. The molecule has 0 spiro atoms. The molecule has 3 N–H and O–H groups in total. The number of nitrogens with two attached hydrogens (primary N) is 1. The van der Waals surface area contributed by atoms with Crippen molar-refractivity contribution in [1.82, 2.24) is 15.1 Å². The third-order valence-corrected chi connectivity index (χ3v) is 3.10. The molecule has 0 saturated heterocycles. The summed E-state index contributed by atoms with van der Waals surface area (Å²) in [7, 11) is 4.12. The molecular formula is C16H36N4O2. The highest BCUT2D eigenvalue weighted by Gasteiger charge is 2.21. The van der Waals surface area contributed by atoms with E-state index >= 15 is 0 Å². The van der Waals surface area contributed by atoms with Crippen LogP contribution in [0.3, 0.4) is 0 Å². The summed E-state index contributed by atoms with van der Waals surface area (Å²) in [5, 5.41) is 2.84. The molecule has 0 aliphatic rings. The number of rotatable bonds is 9. The van der Waals surface area contributed by atoms with Crippen molar-refractivity contribution in [1.29, 1.82) is 0 Å². The van der Waals surface area contributed by atoms with Crippen LogP contribution < -0.4 is 11.1 Å². The van der Waals surface area contributed by atoms with Crippen molar-refractivity contribution >= 4 is 6.09 Å². The van der Waals surface area contributed by atoms with Gasteiger partial charge in [-0.3, -0.25) is 4.90 Å². The molecule has 1 unspecified atom stereocenters. The zero-order chi connectivity index (χ0) is 17.3. The minimum absolute atomic E-state index is 0.120. The molecule has 6 nitrogen and oxygen atoms in total. The summed E-state index contributed by atoms with van der Waals surface area (Å²) in [5.41, 5.74) is 5.44. The maximum Gasteiger partial charge on any atom is 0.407 e. The van der Waals surface area contributed by atoms with Gasteiger partial charge in [0.2, 0.25) is 0 Å². The zero-order valence-corrected chi connectivity index (χ0v) is 15.5. The molecule has 1 amide bonds. The van der Waals surface area contributed by atoms with Crippen LogP contribution in [0.2, 0.25) is 0 Å². The minimum atomic E-state index is -0.481. The number of ether oxygens (including phenoxy) is 1. The Bertz CT molecular complexity index is 314. The molecule has 0 aromatic rings. The third kappa shape index (κ3) is 10.8. The maximum atomic E-state index is 11.8. The molecule has 0 aromatic heterocycles. The molecule has 0 bridgehead atoms. The Labute approximate surface area is 136 Å². The smallest absolute Gasteiger partial charge is 0.407 e. The van der Waals surface area contributed by atoms with Crippen molar-refractivity contribution in [2.24, 2.45) is 11.7 Å². The molecule has 0 fully saturated rings. The Morgan fingerprint density at radius 3 is 2.23 bits per heavy atom. The lowest BCUT2D eigenvalue weighted by Crippen LogP contribution is -2.51. The number of hydrogen-bond acceptors (Lipinski definition) is 5. The maximum absolute atomic E-state index is 11.8. The number of carbonyl (C=O) groups is 1. The van der Waals surface area contributed by atoms with E-state index in [1.54, 1.807) is 0 Å². The summed E-state index contributed by atoms with van der Waals surface area (Å²) in [4.78, 5) is 16.3. The molecule has 0 aromatic carbocycles. The van der Waals surface area contributed by atoms with E-state index in [-0.39, 0.29) is 12.1 Å². The van der Waals surface area contributed by atoms with Crippen LogP contribution in [0.15, 0.2) is 0 Å². The average molecular weight is 316 g/mol. The quantitative estimate of drug-likeness (QED) is 0.672. The summed E-state index contributed by atoms with van der Waals surface area (Å²) in [6.45, 7) is 13.8. The highest BCUT2D eigenvalue weighted by atomic mass is 16.6. The first-order valence-corrected chi connectivity index (χ1v) is 8.10. The first kappa shape index (κ1) is 21.1.